The van der Waals surface area contributed by atoms with E-state index < -0.39 is 11.6 Å². The predicted octanol–water partition coefficient (Wildman–Crippen LogP) is 8.81. The molecule has 0 heterocycles. The first-order valence-electron chi connectivity index (χ1n) is 14.1. The van der Waals surface area contributed by atoms with Crippen LogP contribution in [0.25, 0.3) is 0 Å². The third kappa shape index (κ3) is 5.65. The summed E-state index contributed by atoms with van der Waals surface area (Å²) < 4.78 is 14.9. The molecule has 33 heavy (non-hydrogen) atoms. The van der Waals surface area contributed by atoms with Gasteiger partial charge in [-0.2, -0.15) is 0 Å². The number of carbonyl (C=O) groups excluding carboxylic acids is 1. The molecule has 0 aromatic heterocycles. The number of hydrogen-bond acceptors (Lipinski definition) is 2. The first-order chi connectivity index (χ1) is 16.0. The Labute approximate surface area is 200 Å². The van der Waals surface area contributed by atoms with E-state index >= 15 is 0 Å². The van der Waals surface area contributed by atoms with Crippen LogP contribution in [0.2, 0.25) is 0 Å². The number of benzene rings is 1. The smallest absolute Gasteiger partial charge is 0.169 e. The van der Waals surface area contributed by atoms with Crippen molar-refractivity contribution in [1.82, 2.24) is 0 Å². The maximum atomic E-state index is 14.9. The fourth-order valence-corrected chi connectivity index (χ4v) is 7.66. The summed E-state index contributed by atoms with van der Waals surface area (Å²) in [5.74, 6) is 3.60. The van der Waals surface area contributed by atoms with Gasteiger partial charge in [-0.25, -0.2) is 4.39 Å². The van der Waals surface area contributed by atoms with Gasteiger partial charge < -0.3 is 5.11 Å². The zero-order valence-corrected chi connectivity index (χ0v) is 21.0. The first-order valence-corrected chi connectivity index (χ1v) is 14.1. The van der Waals surface area contributed by atoms with Crippen molar-refractivity contribution in [3.8, 4) is 5.75 Å². The summed E-state index contributed by atoms with van der Waals surface area (Å²) in [5.41, 5.74) is 0.740. The van der Waals surface area contributed by atoms with Gasteiger partial charge in [-0.3, -0.25) is 4.79 Å². The van der Waals surface area contributed by atoms with E-state index in [-0.39, 0.29) is 23.7 Å². The van der Waals surface area contributed by atoms with Gasteiger partial charge in [-0.1, -0.05) is 45.6 Å². The summed E-state index contributed by atoms with van der Waals surface area (Å²) in [6.45, 7) is 4.06. The highest BCUT2D eigenvalue weighted by molar-refractivity contribution is 5.98. The Bertz CT molecular complexity index is 779. The van der Waals surface area contributed by atoms with E-state index in [1.54, 1.807) is 19.1 Å². The second kappa shape index (κ2) is 11.4. The number of carbonyl (C=O) groups is 1. The van der Waals surface area contributed by atoms with E-state index in [0.717, 1.165) is 42.4 Å². The van der Waals surface area contributed by atoms with Crippen molar-refractivity contribution in [2.24, 2.45) is 29.6 Å². The normalized spacial score (nSPS) is 33.1. The molecule has 0 aliphatic heterocycles. The van der Waals surface area contributed by atoms with Crippen LogP contribution in [0.1, 0.15) is 132 Å². The number of ketones is 1. The molecular formula is C30H45FO2. The van der Waals surface area contributed by atoms with Gasteiger partial charge in [0.05, 0.1) is 5.56 Å². The lowest BCUT2D eigenvalue weighted by molar-refractivity contribution is 0.0984. The van der Waals surface area contributed by atoms with Crippen molar-refractivity contribution < 1.29 is 14.3 Å². The lowest BCUT2D eigenvalue weighted by atomic mass is 9.64. The number of Topliss-reactive ketones (excluding diaryl/α,β-unsaturated/α-hetero) is 1. The standard InChI is InChI=1S/C30H45FO2/c1-3-5-20-6-8-21(9-7-20)22-10-12-23(13-11-22)24-14-16-25(17-15-24)26-18-19-27(28(32)4-2)30(33)29(26)31/h18-25,33H,3-17H2,1-2H3. The maximum absolute atomic E-state index is 14.9. The van der Waals surface area contributed by atoms with Crippen molar-refractivity contribution >= 4 is 5.78 Å². The fraction of sp³-hybridized carbons (Fsp3) is 0.767. The minimum atomic E-state index is -0.563. The molecule has 1 aromatic rings. The Morgan fingerprint density at radius 1 is 0.818 bits per heavy atom. The van der Waals surface area contributed by atoms with Crippen LogP contribution < -0.4 is 0 Å². The van der Waals surface area contributed by atoms with Gasteiger partial charge in [-0.05, 0) is 111 Å². The third-order valence-electron chi connectivity index (χ3n) is 9.72. The largest absolute Gasteiger partial charge is 0.504 e. The molecule has 184 valence electrons. The molecule has 0 unspecified atom stereocenters. The SMILES string of the molecule is CCCC1CCC(C2CCC(C3CCC(c4ccc(C(=O)CC)c(O)c4F)CC3)CC2)CC1. The van der Waals surface area contributed by atoms with E-state index in [1.807, 2.05) is 0 Å². The van der Waals surface area contributed by atoms with Crippen LogP contribution in [0.4, 0.5) is 4.39 Å². The van der Waals surface area contributed by atoms with Gasteiger partial charge in [0.25, 0.3) is 0 Å². The average molecular weight is 457 g/mol. The van der Waals surface area contributed by atoms with Gasteiger partial charge in [0, 0.05) is 6.42 Å². The summed E-state index contributed by atoms with van der Waals surface area (Å²) in [4.78, 5) is 11.9. The second-order valence-corrected chi connectivity index (χ2v) is 11.5. The van der Waals surface area contributed by atoms with Crippen molar-refractivity contribution in [2.75, 3.05) is 0 Å². The molecule has 0 spiro atoms. The number of aromatic hydroxyl groups is 1. The van der Waals surface area contributed by atoms with Gasteiger partial charge in [0.1, 0.15) is 0 Å². The molecule has 3 aliphatic carbocycles. The van der Waals surface area contributed by atoms with Crippen molar-refractivity contribution in [1.29, 1.82) is 0 Å². The Morgan fingerprint density at radius 2 is 1.30 bits per heavy atom. The molecule has 4 rings (SSSR count). The van der Waals surface area contributed by atoms with E-state index in [2.05, 4.69) is 6.92 Å². The van der Waals surface area contributed by atoms with Crippen LogP contribution in [0.15, 0.2) is 12.1 Å². The topological polar surface area (TPSA) is 37.3 Å². The number of halogens is 1. The summed E-state index contributed by atoms with van der Waals surface area (Å²) in [6, 6.07) is 3.38. The summed E-state index contributed by atoms with van der Waals surface area (Å²) >= 11 is 0. The van der Waals surface area contributed by atoms with Crippen LogP contribution >= 0.6 is 0 Å². The summed E-state index contributed by atoms with van der Waals surface area (Å²) in [5, 5.41) is 10.2. The highest BCUT2D eigenvalue weighted by Crippen LogP contribution is 2.48. The van der Waals surface area contributed by atoms with Gasteiger partial charge in [0.15, 0.2) is 17.3 Å². The van der Waals surface area contributed by atoms with Crippen LogP contribution in [0, 0.1) is 35.4 Å². The summed E-state index contributed by atoms with van der Waals surface area (Å²) in [6.07, 6.45) is 19.0. The Hall–Kier alpha value is -1.38. The molecule has 0 atom stereocenters. The molecule has 0 amide bonds. The molecule has 1 N–H and O–H groups in total. The van der Waals surface area contributed by atoms with Gasteiger partial charge in [0.2, 0.25) is 0 Å². The molecule has 3 heteroatoms. The van der Waals surface area contributed by atoms with Gasteiger partial charge in [-0.15, -0.1) is 0 Å². The predicted molar refractivity (Wildman–Crippen MR) is 133 cm³/mol. The molecule has 0 bridgehead atoms. The molecule has 3 aliphatic rings. The highest BCUT2D eigenvalue weighted by Gasteiger charge is 2.35. The van der Waals surface area contributed by atoms with Crippen LogP contribution in [-0.2, 0) is 0 Å². The molecular weight excluding hydrogens is 411 g/mol. The van der Waals surface area contributed by atoms with E-state index in [9.17, 15) is 14.3 Å². The number of hydrogen-bond donors (Lipinski definition) is 1. The first kappa shape index (κ1) is 24.7. The number of rotatable bonds is 7. The maximum Gasteiger partial charge on any atom is 0.169 e. The molecule has 3 fully saturated rings. The van der Waals surface area contributed by atoms with Crippen molar-refractivity contribution in [3.05, 3.63) is 29.1 Å². The summed E-state index contributed by atoms with van der Waals surface area (Å²) in [7, 11) is 0. The second-order valence-electron chi connectivity index (χ2n) is 11.5. The van der Waals surface area contributed by atoms with E-state index in [4.69, 9.17) is 0 Å². The van der Waals surface area contributed by atoms with Crippen molar-refractivity contribution in [3.63, 3.8) is 0 Å². The van der Waals surface area contributed by atoms with Crippen molar-refractivity contribution in [2.45, 2.75) is 116 Å². The lowest BCUT2D eigenvalue weighted by Gasteiger charge is -2.41. The zero-order chi connectivity index (χ0) is 23.4. The minimum Gasteiger partial charge on any atom is -0.504 e. The number of phenolic OH excluding ortho intramolecular Hbond substituents is 1. The van der Waals surface area contributed by atoms with E-state index in [0.29, 0.717) is 5.56 Å². The zero-order valence-electron chi connectivity index (χ0n) is 21.0. The van der Waals surface area contributed by atoms with Gasteiger partial charge >= 0.3 is 0 Å². The minimum absolute atomic E-state index is 0.128. The average Bonchev–Trinajstić information content (AvgIpc) is 2.86. The van der Waals surface area contributed by atoms with Crippen LogP contribution in [-0.4, -0.2) is 10.9 Å². The Kier molecular flexibility index (Phi) is 8.52. The third-order valence-corrected chi connectivity index (χ3v) is 9.72. The Morgan fingerprint density at radius 3 is 1.79 bits per heavy atom. The molecule has 2 nitrogen and oxygen atoms in total. The monoisotopic (exact) mass is 456 g/mol. The molecule has 0 saturated heterocycles. The molecule has 1 aromatic carbocycles. The Balaban J connectivity index is 1.25. The van der Waals surface area contributed by atoms with Crippen LogP contribution in [0.5, 0.6) is 5.75 Å². The van der Waals surface area contributed by atoms with E-state index in [1.165, 1.54) is 77.0 Å². The fourth-order valence-electron chi connectivity index (χ4n) is 7.66. The molecule has 0 radical (unpaired) electrons. The number of phenols is 1. The highest BCUT2D eigenvalue weighted by atomic mass is 19.1. The quantitative estimate of drug-likeness (QED) is 0.416. The lowest BCUT2D eigenvalue weighted by Crippen LogP contribution is -2.29. The molecule has 3 saturated carbocycles. The van der Waals surface area contributed by atoms with Crippen LogP contribution in [0.3, 0.4) is 0 Å².